The molecule has 1 heterocycles. The minimum Gasteiger partial charge on any atom is -0.394 e. The Balaban J connectivity index is 2.57. The van der Waals surface area contributed by atoms with Crippen molar-refractivity contribution in [1.29, 1.82) is 0 Å². The fourth-order valence-electron chi connectivity index (χ4n) is 7.51. The summed E-state index contributed by atoms with van der Waals surface area (Å²) >= 11 is 0. The molecule has 0 aromatic carbocycles. The number of carbonyl (C=O) groups is 1. The van der Waals surface area contributed by atoms with E-state index in [1.54, 1.807) is 0 Å². The van der Waals surface area contributed by atoms with Crippen molar-refractivity contribution in [3.63, 3.8) is 0 Å². The zero-order valence-electron chi connectivity index (χ0n) is 34.7. The number of likely N-dealkylation sites (N-methyl/N-ethyl adjacent to an activating group) is 1. The Labute approximate surface area is 329 Å². The van der Waals surface area contributed by atoms with Crippen molar-refractivity contribution in [3.8, 4) is 0 Å². The van der Waals surface area contributed by atoms with Gasteiger partial charge in [-0.3, -0.25) is 4.79 Å². The average Bonchev–Trinajstić information content (AvgIpc) is 3.17. The molecule has 0 bridgehead atoms. The summed E-state index contributed by atoms with van der Waals surface area (Å²) in [5.74, 6) is -0.608. The zero-order chi connectivity index (χ0) is 40.0. The molecule has 1 amide bonds. The van der Waals surface area contributed by atoms with Crippen molar-refractivity contribution >= 4 is 5.91 Å². The Morgan fingerprint density at radius 1 is 0.593 bits per heavy atom. The highest BCUT2D eigenvalue weighted by Gasteiger charge is 2.45. The molecule has 9 atom stereocenters. The van der Waals surface area contributed by atoms with E-state index in [-0.39, 0.29) is 6.42 Å². The van der Waals surface area contributed by atoms with Gasteiger partial charge in [-0.25, -0.2) is 0 Å². The lowest BCUT2D eigenvalue weighted by Gasteiger charge is -2.41. The van der Waals surface area contributed by atoms with Crippen LogP contribution in [0.1, 0.15) is 194 Å². The van der Waals surface area contributed by atoms with Gasteiger partial charge in [0, 0.05) is 7.05 Å². The lowest BCUT2D eigenvalue weighted by atomic mass is 9.97. The molecule has 0 aromatic rings. The first-order valence-electron chi connectivity index (χ1n) is 22.3. The van der Waals surface area contributed by atoms with Crippen molar-refractivity contribution in [2.45, 2.75) is 249 Å². The van der Waals surface area contributed by atoms with E-state index in [1.165, 1.54) is 128 Å². The number of nitrogens with zero attached hydrogens (tertiary/aromatic N) is 1. The van der Waals surface area contributed by atoms with E-state index < -0.39 is 74.2 Å². The molecule has 1 saturated heterocycles. The zero-order valence-corrected chi connectivity index (χ0v) is 34.7. The van der Waals surface area contributed by atoms with Crippen molar-refractivity contribution < 1.29 is 50.0 Å². The Morgan fingerprint density at radius 3 is 1.39 bits per heavy atom. The molecule has 7 N–H and O–H groups in total. The highest BCUT2D eigenvalue weighted by atomic mass is 16.7. The molecule has 0 aromatic heterocycles. The third-order valence-corrected chi connectivity index (χ3v) is 11.4. The molecule has 0 aliphatic carbocycles. The van der Waals surface area contributed by atoms with Gasteiger partial charge in [-0.1, -0.05) is 181 Å². The largest absolute Gasteiger partial charge is 0.394 e. The monoisotopic (exact) mass is 776 g/mol. The number of amides is 1. The van der Waals surface area contributed by atoms with E-state index in [0.29, 0.717) is 19.3 Å². The Bertz CT molecular complexity index is 866. The van der Waals surface area contributed by atoms with Gasteiger partial charge in [0.1, 0.15) is 36.6 Å². The van der Waals surface area contributed by atoms with Crippen molar-refractivity contribution in [3.05, 3.63) is 0 Å². The van der Waals surface area contributed by atoms with E-state index in [1.807, 2.05) is 0 Å². The van der Waals surface area contributed by atoms with Crippen LogP contribution < -0.4 is 0 Å². The molecule has 1 aliphatic heterocycles. The number of ether oxygens (including phenoxy) is 2. The number of carbonyl (C=O) groups excluding carboxylic acids is 1. The maximum atomic E-state index is 13.4. The molecule has 0 spiro atoms. The predicted octanol–water partition coefficient (Wildman–Crippen LogP) is 6.68. The van der Waals surface area contributed by atoms with Gasteiger partial charge in [0.15, 0.2) is 6.29 Å². The summed E-state index contributed by atoms with van der Waals surface area (Å²) in [6.07, 6.45) is 20.1. The summed E-state index contributed by atoms with van der Waals surface area (Å²) in [5, 5.41) is 73.6. The lowest BCUT2D eigenvalue weighted by molar-refractivity contribution is -0.304. The van der Waals surface area contributed by atoms with Gasteiger partial charge in [0.25, 0.3) is 5.91 Å². The fourth-order valence-corrected chi connectivity index (χ4v) is 7.51. The quantitative estimate of drug-likeness (QED) is 0.0340. The smallest absolute Gasteiger partial charge is 0.251 e. The number of aliphatic hydroxyl groups excluding tert-OH is 7. The molecule has 0 unspecified atom stereocenters. The SMILES string of the molecule is CCCCCCCCCCCCCCCC[C@@H](O)C(=O)N(C)[C@@H](CO[C@H]1O[C@H](CO)[C@H](O)[C@H](O)[C@H]1O)[C@H](O)[C@H](O)CCCCCCCCCCCCCC. The maximum Gasteiger partial charge on any atom is 0.251 e. The number of hydrogen-bond acceptors (Lipinski definition) is 10. The molecule has 54 heavy (non-hydrogen) atoms. The Kier molecular flexibility index (Phi) is 31.4. The van der Waals surface area contributed by atoms with Gasteiger partial charge in [0.2, 0.25) is 0 Å². The molecule has 0 radical (unpaired) electrons. The van der Waals surface area contributed by atoms with E-state index in [0.717, 1.165) is 38.5 Å². The molecule has 11 nitrogen and oxygen atoms in total. The molecular formula is C43H85NO10. The Hall–Kier alpha value is -0.890. The van der Waals surface area contributed by atoms with Crippen LogP contribution in [0.3, 0.4) is 0 Å². The van der Waals surface area contributed by atoms with Crippen molar-refractivity contribution in [2.24, 2.45) is 0 Å². The highest BCUT2D eigenvalue weighted by molar-refractivity contribution is 5.80. The predicted molar refractivity (Wildman–Crippen MR) is 215 cm³/mol. The first-order chi connectivity index (χ1) is 26.1. The van der Waals surface area contributed by atoms with E-state index in [9.17, 15) is 40.5 Å². The molecule has 1 fully saturated rings. The molecule has 11 heteroatoms. The summed E-state index contributed by atoms with van der Waals surface area (Å²) in [7, 11) is 1.44. The van der Waals surface area contributed by atoms with E-state index in [2.05, 4.69) is 13.8 Å². The second kappa shape index (κ2) is 33.1. The molecule has 1 aliphatic rings. The van der Waals surface area contributed by atoms with Gasteiger partial charge >= 0.3 is 0 Å². The Morgan fingerprint density at radius 2 is 0.981 bits per heavy atom. The molecule has 322 valence electrons. The van der Waals surface area contributed by atoms with Crippen LogP contribution in [0.15, 0.2) is 0 Å². The van der Waals surface area contributed by atoms with Crippen LogP contribution in [0.2, 0.25) is 0 Å². The first kappa shape index (κ1) is 51.1. The van der Waals surface area contributed by atoms with Crippen molar-refractivity contribution in [2.75, 3.05) is 20.3 Å². The average molecular weight is 776 g/mol. The highest BCUT2D eigenvalue weighted by Crippen LogP contribution is 2.24. The minimum absolute atomic E-state index is 0.277. The van der Waals surface area contributed by atoms with Gasteiger partial charge < -0.3 is 50.1 Å². The summed E-state index contributed by atoms with van der Waals surface area (Å²) in [6, 6.07) is -1.11. The molecular weight excluding hydrogens is 690 g/mol. The van der Waals surface area contributed by atoms with Crippen molar-refractivity contribution in [1.82, 2.24) is 4.90 Å². The van der Waals surface area contributed by atoms with Gasteiger partial charge in [-0.05, 0) is 12.8 Å². The summed E-state index contributed by atoms with van der Waals surface area (Å²) in [4.78, 5) is 14.6. The standard InChI is InChI=1S/C43H85NO10/c1-4-6-8-10-12-14-16-18-19-21-23-25-27-29-31-36(47)42(52)44(3)34(33-53-43-41(51)40(50)39(49)37(32-45)54-43)38(48)35(46)30-28-26-24-22-20-17-15-13-11-9-7-5-2/h34-41,43,45-51H,4-33H2,1-3H3/t34-,35+,36+,37+,38-,39-,40-,41+,43-/m0/s1. The van der Waals surface area contributed by atoms with Crippen LogP contribution in [0.4, 0.5) is 0 Å². The first-order valence-corrected chi connectivity index (χ1v) is 22.3. The van der Waals surface area contributed by atoms with E-state index >= 15 is 0 Å². The number of hydrogen-bond donors (Lipinski definition) is 7. The maximum absolute atomic E-state index is 13.4. The van der Waals surface area contributed by atoms with Gasteiger partial charge in [-0.15, -0.1) is 0 Å². The summed E-state index contributed by atoms with van der Waals surface area (Å²) in [5.41, 5.74) is 0. The van der Waals surface area contributed by atoms with Crippen LogP contribution >= 0.6 is 0 Å². The van der Waals surface area contributed by atoms with Gasteiger partial charge in [0.05, 0.1) is 25.4 Å². The molecule has 1 rings (SSSR count). The molecule has 0 saturated carbocycles. The third-order valence-electron chi connectivity index (χ3n) is 11.4. The fraction of sp³-hybridized carbons (Fsp3) is 0.977. The van der Waals surface area contributed by atoms with Crippen LogP contribution in [-0.4, -0.2) is 122 Å². The minimum atomic E-state index is -1.65. The van der Waals surface area contributed by atoms with Crippen LogP contribution in [0, 0.1) is 0 Å². The number of rotatable bonds is 36. The number of unbranched alkanes of at least 4 members (excludes halogenated alkanes) is 24. The van der Waals surface area contributed by atoms with Gasteiger partial charge in [-0.2, -0.15) is 0 Å². The third kappa shape index (κ3) is 22.2. The second-order valence-corrected chi connectivity index (χ2v) is 16.2. The van der Waals surface area contributed by atoms with E-state index in [4.69, 9.17) is 9.47 Å². The normalized spacial score (nSPS) is 22.6. The summed E-state index contributed by atoms with van der Waals surface area (Å²) < 4.78 is 11.2. The summed E-state index contributed by atoms with van der Waals surface area (Å²) in [6.45, 7) is 3.45. The topological polar surface area (TPSA) is 180 Å². The second-order valence-electron chi connectivity index (χ2n) is 16.2. The van der Waals surface area contributed by atoms with Crippen LogP contribution in [0.25, 0.3) is 0 Å². The van der Waals surface area contributed by atoms with Crippen LogP contribution in [-0.2, 0) is 14.3 Å². The number of aliphatic hydroxyl groups is 7. The lowest BCUT2D eigenvalue weighted by Crippen LogP contribution is -2.60. The van der Waals surface area contributed by atoms with Crippen LogP contribution in [0.5, 0.6) is 0 Å².